The number of hydrogen-bond acceptors (Lipinski definition) is 8. The molecule has 35 heavy (non-hydrogen) atoms. The Kier molecular flexibility index (Phi) is 8.60. The zero-order valence-corrected chi connectivity index (χ0v) is 23.4. The van der Waals surface area contributed by atoms with Gasteiger partial charge in [0.05, 0.1) is 22.8 Å². The number of nitrogens with zero attached hydrogens (tertiary/aromatic N) is 8. The van der Waals surface area contributed by atoms with E-state index in [2.05, 4.69) is 20.4 Å². The number of rotatable bonds is 4. The number of hydrogen-bond donors (Lipinski definition) is 0. The molecule has 0 unspecified atom stereocenters. The maximum atomic E-state index is 12.3. The zero-order chi connectivity index (χ0) is 25.6. The fraction of sp³-hybridized carbons (Fsp3) is 0.400. The van der Waals surface area contributed by atoms with E-state index in [0.717, 1.165) is 17.8 Å². The molecule has 0 aliphatic heterocycles. The van der Waals surface area contributed by atoms with Crippen molar-refractivity contribution in [2.45, 2.75) is 55.4 Å². The van der Waals surface area contributed by atoms with E-state index < -0.39 is 15.3 Å². The third-order valence-corrected chi connectivity index (χ3v) is 8.44. The molecule has 0 saturated heterocycles. The Hall–Kier alpha value is -2.26. The van der Waals surface area contributed by atoms with Gasteiger partial charge in [0, 0.05) is 22.8 Å². The Labute approximate surface area is 214 Å². The fourth-order valence-corrected chi connectivity index (χ4v) is 6.82. The smallest absolute Gasteiger partial charge is 0.764 e. The third-order valence-electron chi connectivity index (χ3n) is 4.90. The predicted octanol–water partition coefficient (Wildman–Crippen LogP) is 2.35. The van der Waals surface area contributed by atoms with Crippen molar-refractivity contribution in [3.05, 3.63) is 69.8 Å². The van der Waals surface area contributed by atoms with Crippen molar-refractivity contribution in [3.8, 4) is 0 Å². The van der Waals surface area contributed by atoms with E-state index in [1.807, 2.05) is 0 Å². The van der Waals surface area contributed by atoms with Gasteiger partial charge in [0.2, 0.25) is 15.3 Å². The summed E-state index contributed by atoms with van der Waals surface area (Å²) in [6, 6.07) is 6.87. The normalized spacial score (nSPS) is 11.7. The van der Waals surface area contributed by atoms with Gasteiger partial charge in [0.25, 0.3) is 0 Å². The molecular formula is C20H28CuN8O4P2. The summed E-state index contributed by atoms with van der Waals surface area (Å²) in [6.45, 7) is 13.8. The summed E-state index contributed by atoms with van der Waals surface area (Å²) < 4.78 is 28.8. The van der Waals surface area contributed by atoms with Crippen LogP contribution in [0.2, 0.25) is 0 Å². The van der Waals surface area contributed by atoms with Crippen molar-refractivity contribution in [1.82, 2.24) is 38.2 Å². The molecule has 0 aliphatic carbocycles. The van der Waals surface area contributed by atoms with Gasteiger partial charge < -0.3 is 9.79 Å². The molecule has 0 fully saturated rings. The first-order valence-corrected chi connectivity index (χ1v) is 13.5. The summed E-state index contributed by atoms with van der Waals surface area (Å²) in [5.41, 5.74) is 4.98. The molecule has 0 saturated carbocycles. The second-order valence-corrected chi connectivity index (χ2v) is 11.7. The van der Waals surface area contributed by atoms with Gasteiger partial charge in [-0.2, -0.15) is 20.4 Å². The van der Waals surface area contributed by atoms with Gasteiger partial charge in [0.15, 0.2) is 0 Å². The van der Waals surface area contributed by atoms with Gasteiger partial charge in [-0.3, -0.25) is 9.13 Å². The summed E-state index contributed by atoms with van der Waals surface area (Å²) in [7, 11) is -8.14. The van der Waals surface area contributed by atoms with Crippen LogP contribution in [0.5, 0.6) is 0 Å². The van der Waals surface area contributed by atoms with Crippen molar-refractivity contribution in [1.29, 1.82) is 0 Å². The van der Waals surface area contributed by atoms with Crippen molar-refractivity contribution >= 4 is 15.3 Å². The Balaban J connectivity index is 0.000000240. The monoisotopic (exact) mass is 569 g/mol. The quantitative estimate of drug-likeness (QED) is 0.268. The minimum atomic E-state index is -4.07. The molecule has 4 aromatic heterocycles. The van der Waals surface area contributed by atoms with Crippen molar-refractivity contribution in [2.75, 3.05) is 0 Å². The molecule has 0 amide bonds. The van der Waals surface area contributed by atoms with Crippen LogP contribution < -0.4 is 9.79 Å². The number of aryl methyl sites for hydroxylation is 8. The second kappa shape index (κ2) is 10.4. The molecule has 0 bridgehead atoms. The molecule has 12 nitrogen and oxygen atoms in total. The van der Waals surface area contributed by atoms with Crippen LogP contribution in [0.4, 0.5) is 0 Å². The van der Waals surface area contributed by atoms with Gasteiger partial charge in [-0.05, 0) is 79.7 Å². The molecule has 4 rings (SSSR count). The van der Waals surface area contributed by atoms with Crippen LogP contribution in [-0.4, -0.2) is 38.2 Å². The van der Waals surface area contributed by atoms with Crippen LogP contribution in [0.3, 0.4) is 0 Å². The molecule has 4 aromatic rings. The summed E-state index contributed by atoms with van der Waals surface area (Å²) >= 11 is 0. The average molecular weight is 570 g/mol. The van der Waals surface area contributed by atoms with Crippen LogP contribution >= 0.6 is 15.3 Å². The molecular weight excluding hydrogens is 542 g/mol. The van der Waals surface area contributed by atoms with E-state index in [4.69, 9.17) is 0 Å². The maximum absolute atomic E-state index is 12.3. The van der Waals surface area contributed by atoms with E-state index >= 15 is 0 Å². The Morgan fingerprint density at radius 3 is 0.800 bits per heavy atom. The van der Waals surface area contributed by atoms with E-state index in [9.17, 15) is 18.9 Å². The standard InChI is InChI=1S/2C10H15N4O2P.Cu/c2*1-7-5-9(3)13(11-7)17(15,16)14-10(4)6-8(2)12-14;/h2*5-6H,1-4H3,(H,15,16);/q;;+2/p-2. The number of aromatic nitrogens is 8. The average Bonchev–Trinajstić information content (AvgIpc) is 3.43. The van der Waals surface area contributed by atoms with E-state index in [1.54, 1.807) is 79.7 Å². The Morgan fingerprint density at radius 1 is 0.514 bits per heavy atom. The Bertz CT molecular complexity index is 1240. The predicted molar refractivity (Wildman–Crippen MR) is 124 cm³/mol. The van der Waals surface area contributed by atoms with Crippen molar-refractivity contribution in [2.24, 2.45) is 0 Å². The van der Waals surface area contributed by atoms with Crippen LogP contribution in [0.15, 0.2) is 24.3 Å². The zero-order valence-electron chi connectivity index (χ0n) is 20.7. The third kappa shape index (κ3) is 5.77. The summed E-state index contributed by atoms with van der Waals surface area (Å²) in [6.07, 6.45) is 0. The first-order valence-electron chi connectivity index (χ1n) is 10.4. The van der Waals surface area contributed by atoms with Gasteiger partial charge in [-0.1, -0.05) is 0 Å². The minimum absolute atomic E-state index is 0. The molecule has 0 N–H and O–H groups in total. The topological polar surface area (TPSA) is 152 Å². The second-order valence-electron chi connectivity index (χ2n) is 8.25. The first kappa shape index (κ1) is 29.0. The maximum Gasteiger partial charge on any atom is 2.00 e. The van der Waals surface area contributed by atoms with Crippen molar-refractivity contribution < 1.29 is 36.0 Å². The molecule has 0 spiro atoms. The molecule has 1 radical (unpaired) electrons. The van der Waals surface area contributed by atoms with Crippen LogP contribution in [0.1, 0.15) is 45.6 Å². The van der Waals surface area contributed by atoms with Gasteiger partial charge in [-0.15, -0.1) is 0 Å². The SMILES string of the molecule is Cc1cc(C)n(P(=O)([O-])n2nc(C)cc2C)n1.Cc1cc(C)n(P(=O)([O-])n2nc(C)cc2C)n1.[Cu+2]. The summed E-state index contributed by atoms with van der Waals surface area (Å²) in [5, 5.41) is 16.0. The van der Waals surface area contributed by atoms with Gasteiger partial charge >= 0.3 is 17.1 Å². The van der Waals surface area contributed by atoms with Crippen molar-refractivity contribution in [3.63, 3.8) is 0 Å². The van der Waals surface area contributed by atoms with Crippen LogP contribution in [-0.2, 0) is 26.2 Å². The van der Waals surface area contributed by atoms with Gasteiger partial charge in [-0.25, -0.2) is 17.8 Å². The first-order chi connectivity index (χ1) is 15.6. The molecule has 4 heterocycles. The molecule has 0 aromatic carbocycles. The minimum Gasteiger partial charge on any atom is -0.764 e. The fourth-order valence-electron chi connectivity index (χ4n) is 3.65. The summed E-state index contributed by atoms with van der Waals surface area (Å²) in [5.74, 6) is 0. The molecule has 15 heteroatoms. The molecule has 193 valence electrons. The largest absolute Gasteiger partial charge is 2.00 e. The van der Waals surface area contributed by atoms with E-state index in [-0.39, 0.29) is 17.1 Å². The van der Waals surface area contributed by atoms with Crippen LogP contribution in [0.25, 0.3) is 0 Å². The van der Waals surface area contributed by atoms with E-state index in [0.29, 0.717) is 45.6 Å². The summed E-state index contributed by atoms with van der Waals surface area (Å²) in [4.78, 5) is 24.7. The molecule has 0 atom stereocenters. The molecule has 0 aliphatic rings. The van der Waals surface area contributed by atoms with Crippen LogP contribution in [0, 0.1) is 55.4 Å². The Morgan fingerprint density at radius 2 is 0.686 bits per heavy atom. The van der Waals surface area contributed by atoms with E-state index in [1.165, 1.54) is 0 Å². The van der Waals surface area contributed by atoms with Gasteiger partial charge in [0.1, 0.15) is 0 Å².